The number of carbonyl (C=O) groups excluding carboxylic acids is 1. The average molecular weight is 265 g/mol. The predicted molar refractivity (Wildman–Crippen MR) is 75.3 cm³/mol. The topological polar surface area (TPSA) is 38.8 Å². The number of ether oxygens (including phenoxy) is 2. The molecule has 0 atom stereocenters. The van der Waals surface area contributed by atoms with E-state index >= 15 is 0 Å². The van der Waals surface area contributed by atoms with Crippen LogP contribution in [0.2, 0.25) is 0 Å². The smallest absolute Gasteiger partial charge is 0.254 e. The number of benzene rings is 1. The van der Waals surface area contributed by atoms with Crippen LogP contribution in [-0.4, -0.2) is 50.3 Å². The van der Waals surface area contributed by atoms with Crippen molar-refractivity contribution in [3.63, 3.8) is 0 Å². The van der Waals surface area contributed by atoms with Crippen molar-refractivity contribution in [1.29, 1.82) is 0 Å². The van der Waals surface area contributed by atoms with Crippen LogP contribution in [0.15, 0.2) is 30.3 Å². The Bertz CT molecular complexity index is 344. The molecule has 19 heavy (non-hydrogen) atoms. The molecule has 0 saturated heterocycles. The zero-order valence-electron chi connectivity index (χ0n) is 11.8. The summed E-state index contributed by atoms with van der Waals surface area (Å²) in [4.78, 5) is 14.1. The Balaban J connectivity index is 2.57. The highest BCUT2D eigenvalue weighted by molar-refractivity contribution is 5.94. The first kappa shape index (κ1) is 15.7. The fourth-order valence-electron chi connectivity index (χ4n) is 1.72. The molecule has 0 fully saturated rings. The van der Waals surface area contributed by atoms with Gasteiger partial charge in [0.2, 0.25) is 0 Å². The number of amides is 1. The summed E-state index contributed by atoms with van der Waals surface area (Å²) in [6.45, 7) is 7.52. The molecule has 0 heterocycles. The highest BCUT2D eigenvalue weighted by atomic mass is 16.5. The molecule has 0 unspecified atom stereocenters. The van der Waals surface area contributed by atoms with Crippen molar-refractivity contribution in [2.75, 3.05) is 39.5 Å². The Morgan fingerprint density at radius 1 is 1.00 bits per heavy atom. The summed E-state index contributed by atoms with van der Waals surface area (Å²) in [5.74, 6) is 0.0278. The van der Waals surface area contributed by atoms with E-state index in [-0.39, 0.29) is 5.91 Å². The van der Waals surface area contributed by atoms with Gasteiger partial charge < -0.3 is 14.4 Å². The summed E-state index contributed by atoms with van der Waals surface area (Å²) in [7, 11) is 0. The molecule has 1 amide bonds. The van der Waals surface area contributed by atoms with E-state index in [2.05, 4.69) is 0 Å². The maximum Gasteiger partial charge on any atom is 0.254 e. The summed E-state index contributed by atoms with van der Waals surface area (Å²) in [6.07, 6.45) is 0. The van der Waals surface area contributed by atoms with Gasteiger partial charge in [-0.3, -0.25) is 4.79 Å². The van der Waals surface area contributed by atoms with Crippen LogP contribution in [0.3, 0.4) is 0 Å². The van der Waals surface area contributed by atoms with E-state index in [0.29, 0.717) is 45.1 Å². The van der Waals surface area contributed by atoms with E-state index in [1.165, 1.54) is 0 Å². The van der Waals surface area contributed by atoms with Gasteiger partial charge in [0.15, 0.2) is 0 Å². The van der Waals surface area contributed by atoms with Gasteiger partial charge in [-0.2, -0.15) is 0 Å². The molecule has 1 aromatic carbocycles. The zero-order chi connectivity index (χ0) is 13.9. The summed E-state index contributed by atoms with van der Waals surface area (Å²) < 4.78 is 10.6. The Morgan fingerprint density at radius 3 is 2.00 bits per heavy atom. The van der Waals surface area contributed by atoms with Crippen molar-refractivity contribution in [1.82, 2.24) is 4.90 Å². The highest BCUT2D eigenvalue weighted by Gasteiger charge is 2.14. The molecule has 0 aliphatic carbocycles. The summed E-state index contributed by atoms with van der Waals surface area (Å²) in [5.41, 5.74) is 0.704. The van der Waals surface area contributed by atoms with Crippen LogP contribution >= 0.6 is 0 Å². The van der Waals surface area contributed by atoms with E-state index in [9.17, 15) is 4.79 Å². The molecule has 0 N–H and O–H groups in total. The van der Waals surface area contributed by atoms with Gasteiger partial charge in [0.05, 0.1) is 13.2 Å². The van der Waals surface area contributed by atoms with E-state index in [0.717, 1.165) is 0 Å². The van der Waals surface area contributed by atoms with Crippen LogP contribution in [0.25, 0.3) is 0 Å². The predicted octanol–water partition coefficient (Wildman–Crippen LogP) is 2.20. The maximum atomic E-state index is 12.3. The SMILES string of the molecule is CCOCCN(CCOCC)C(=O)c1ccccc1. The molecule has 4 heteroatoms. The van der Waals surface area contributed by atoms with Gasteiger partial charge >= 0.3 is 0 Å². The van der Waals surface area contributed by atoms with Crippen molar-refractivity contribution in [2.24, 2.45) is 0 Å². The van der Waals surface area contributed by atoms with Gasteiger partial charge in [-0.1, -0.05) is 18.2 Å². The molecule has 0 spiro atoms. The molecule has 0 saturated carbocycles. The Hall–Kier alpha value is -1.39. The molecule has 0 aliphatic rings. The fraction of sp³-hybridized carbons (Fsp3) is 0.533. The number of carbonyl (C=O) groups is 1. The second-order valence-electron chi connectivity index (χ2n) is 4.05. The lowest BCUT2D eigenvalue weighted by molar-refractivity contribution is 0.0550. The Morgan fingerprint density at radius 2 is 1.53 bits per heavy atom. The highest BCUT2D eigenvalue weighted by Crippen LogP contribution is 2.04. The van der Waals surface area contributed by atoms with Crippen molar-refractivity contribution in [3.8, 4) is 0 Å². The fourth-order valence-corrected chi connectivity index (χ4v) is 1.72. The van der Waals surface area contributed by atoms with E-state index in [1.54, 1.807) is 4.90 Å². The quantitative estimate of drug-likeness (QED) is 0.643. The van der Waals surface area contributed by atoms with Gasteiger partial charge in [0, 0.05) is 31.9 Å². The monoisotopic (exact) mass is 265 g/mol. The van der Waals surface area contributed by atoms with Crippen molar-refractivity contribution in [3.05, 3.63) is 35.9 Å². The van der Waals surface area contributed by atoms with Crippen LogP contribution in [0.4, 0.5) is 0 Å². The lowest BCUT2D eigenvalue weighted by Crippen LogP contribution is -2.36. The summed E-state index contributed by atoms with van der Waals surface area (Å²) in [5, 5.41) is 0. The van der Waals surface area contributed by atoms with Crippen LogP contribution in [0.1, 0.15) is 24.2 Å². The molecular weight excluding hydrogens is 242 g/mol. The summed E-state index contributed by atoms with van der Waals surface area (Å²) in [6, 6.07) is 9.31. The molecule has 4 nitrogen and oxygen atoms in total. The van der Waals surface area contributed by atoms with Crippen molar-refractivity contribution < 1.29 is 14.3 Å². The zero-order valence-corrected chi connectivity index (χ0v) is 11.8. The molecule has 1 aromatic rings. The van der Waals surface area contributed by atoms with Crippen LogP contribution in [-0.2, 0) is 9.47 Å². The minimum Gasteiger partial charge on any atom is -0.380 e. The molecule has 0 aliphatic heterocycles. The normalized spacial score (nSPS) is 10.4. The van der Waals surface area contributed by atoms with E-state index < -0.39 is 0 Å². The Kier molecular flexibility index (Phi) is 7.86. The second kappa shape index (κ2) is 9.53. The first-order valence-electron chi connectivity index (χ1n) is 6.79. The third-order valence-corrected chi connectivity index (χ3v) is 2.73. The van der Waals surface area contributed by atoms with Crippen LogP contribution < -0.4 is 0 Å². The number of hydrogen-bond donors (Lipinski definition) is 0. The van der Waals surface area contributed by atoms with Gasteiger partial charge in [-0.25, -0.2) is 0 Å². The average Bonchev–Trinajstić information content (AvgIpc) is 2.46. The lowest BCUT2D eigenvalue weighted by atomic mass is 10.2. The van der Waals surface area contributed by atoms with E-state index in [4.69, 9.17) is 9.47 Å². The standard InChI is InChI=1S/C15H23NO3/c1-3-18-12-10-16(11-13-19-4-2)15(17)14-8-6-5-7-9-14/h5-9H,3-4,10-13H2,1-2H3. The largest absolute Gasteiger partial charge is 0.380 e. The molecule has 0 radical (unpaired) electrons. The number of hydrogen-bond acceptors (Lipinski definition) is 3. The third-order valence-electron chi connectivity index (χ3n) is 2.73. The minimum absolute atomic E-state index is 0.0278. The second-order valence-corrected chi connectivity index (χ2v) is 4.05. The van der Waals surface area contributed by atoms with Crippen LogP contribution in [0.5, 0.6) is 0 Å². The third kappa shape index (κ3) is 5.85. The molecule has 0 bridgehead atoms. The van der Waals surface area contributed by atoms with Gasteiger partial charge in [-0.05, 0) is 26.0 Å². The first-order valence-corrected chi connectivity index (χ1v) is 6.79. The van der Waals surface area contributed by atoms with Crippen LogP contribution in [0, 0.1) is 0 Å². The van der Waals surface area contributed by atoms with Gasteiger partial charge in [0.25, 0.3) is 5.91 Å². The number of rotatable bonds is 9. The van der Waals surface area contributed by atoms with Gasteiger partial charge in [-0.15, -0.1) is 0 Å². The molecule has 1 rings (SSSR count). The van der Waals surface area contributed by atoms with Crippen molar-refractivity contribution >= 4 is 5.91 Å². The molecular formula is C15H23NO3. The summed E-state index contributed by atoms with van der Waals surface area (Å²) >= 11 is 0. The van der Waals surface area contributed by atoms with Gasteiger partial charge in [0.1, 0.15) is 0 Å². The van der Waals surface area contributed by atoms with E-state index in [1.807, 2.05) is 44.2 Å². The Labute approximate surface area is 115 Å². The molecule has 0 aromatic heterocycles. The first-order chi connectivity index (χ1) is 9.29. The number of nitrogens with zero attached hydrogens (tertiary/aromatic N) is 1. The lowest BCUT2D eigenvalue weighted by Gasteiger charge is -2.22. The minimum atomic E-state index is 0.0278. The van der Waals surface area contributed by atoms with Crippen molar-refractivity contribution in [2.45, 2.75) is 13.8 Å². The maximum absolute atomic E-state index is 12.3. The molecule has 106 valence electrons.